The molecule has 24 heavy (non-hydrogen) atoms. The lowest BCUT2D eigenvalue weighted by Crippen LogP contribution is -2.12. The minimum Gasteiger partial charge on any atom is -0.494 e. The molecule has 0 aliphatic heterocycles. The van der Waals surface area contributed by atoms with Gasteiger partial charge in [-0.1, -0.05) is 18.2 Å². The molecule has 0 saturated heterocycles. The number of nitrogens with one attached hydrogen (secondary N) is 2. The summed E-state index contributed by atoms with van der Waals surface area (Å²) in [4.78, 5) is 0. The monoisotopic (exact) mass is 348 g/mol. The second-order valence-corrected chi connectivity index (χ2v) is 7.52. The van der Waals surface area contributed by atoms with E-state index in [9.17, 15) is 8.42 Å². The zero-order valence-corrected chi connectivity index (χ0v) is 15.3. The molecule has 0 aliphatic rings. The fraction of sp³-hybridized carbons (Fsp3) is 0.333. The van der Waals surface area contributed by atoms with Gasteiger partial charge in [0.15, 0.2) is 0 Å². The normalized spacial score (nSPS) is 12.5. The summed E-state index contributed by atoms with van der Waals surface area (Å²) in [6, 6.07) is 13.6. The number of anilines is 2. The van der Waals surface area contributed by atoms with Crippen molar-refractivity contribution in [2.75, 3.05) is 22.9 Å². The molecule has 0 aromatic heterocycles. The largest absolute Gasteiger partial charge is 0.494 e. The van der Waals surface area contributed by atoms with E-state index in [1.54, 1.807) is 6.07 Å². The van der Waals surface area contributed by atoms with Gasteiger partial charge in [0.25, 0.3) is 0 Å². The highest BCUT2D eigenvalue weighted by Crippen LogP contribution is 2.26. The second kappa shape index (κ2) is 7.57. The third kappa shape index (κ3) is 5.16. The van der Waals surface area contributed by atoms with Crippen LogP contribution in [0.2, 0.25) is 0 Å². The van der Waals surface area contributed by atoms with Crippen molar-refractivity contribution < 1.29 is 13.2 Å². The van der Waals surface area contributed by atoms with Gasteiger partial charge in [-0.05, 0) is 56.2 Å². The molecule has 2 aromatic carbocycles. The van der Waals surface area contributed by atoms with Crippen molar-refractivity contribution in [3.8, 4) is 5.75 Å². The van der Waals surface area contributed by atoms with Crippen LogP contribution in [0.3, 0.4) is 0 Å². The number of rotatable bonds is 7. The Hall–Kier alpha value is -2.21. The van der Waals surface area contributed by atoms with Crippen molar-refractivity contribution in [2.24, 2.45) is 0 Å². The molecule has 0 saturated carbocycles. The van der Waals surface area contributed by atoms with Crippen LogP contribution in [-0.4, -0.2) is 21.3 Å². The van der Waals surface area contributed by atoms with Gasteiger partial charge in [0.1, 0.15) is 5.75 Å². The van der Waals surface area contributed by atoms with E-state index in [-0.39, 0.29) is 6.04 Å². The third-order valence-electron chi connectivity index (χ3n) is 3.59. The Morgan fingerprint density at radius 3 is 2.58 bits per heavy atom. The van der Waals surface area contributed by atoms with Crippen LogP contribution in [0.1, 0.15) is 31.0 Å². The molecular weight excluding hydrogens is 324 g/mol. The number of aryl methyl sites for hydroxylation is 1. The number of hydrogen-bond donors (Lipinski definition) is 2. The Kier molecular flexibility index (Phi) is 5.72. The highest BCUT2D eigenvalue weighted by atomic mass is 32.2. The Morgan fingerprint density at radius 1 is 1.17 bits per heavy atom. The molecule has 0 unspecified atom stereocenters. The van der Waals surface area contributed by atoms with Crippen LogP contribution in [-0.2, 0) is 10.0 Å². The minimum absolute atomic E-state index is 0.0548. The molecule has 0 radical (unpaired) electrons. The molecule has 0 heterocycles. The summed E-state index contributed by atoms with van der Waals surface area (Å²) in [5.74, 6) is 0.840. The first-order valence-corrected chi connectivity index (χ1v) is 9.75. The van der Waals surface area contributed by atoms with E-state index in [2.05, 4.69) is 17.0 Å². The van der Waals surface area contributed by atoms with Gasteiger partial charge in [-0.25, -0.2) is 8.42 Å². The van der Waals surface area contributed by atoms with Crippen molar-refractivity contribution in [3.05, 3.63) is 53.6 Å². The Bertz CT molecular complexity index is 804. The van der Waals surface area contributed by atoms with Gasteiger partial charge in [-0.3, -0.25) is 4.72 Å². The van der Waals surface area contributed by atoms with Crippen molar-refractivity contribution in [1.29, 1.82) is 0 Å². The summed E-state index contributed by atoms with van der Waals surface area (Å²) < 4.78 is 31.0. The van der Waals surface area contributed by atoms with Crippen molar-refractivity contribution in [1.82, 2.24) is 0 Å². The molecule has 2 aromatic rings. The van der Waals surface area contributed by atoms with Crippen molar-refractivity contribution in [3.63, 3.8) is 0 Å². The third-order valence-corrected chi connectivity index (χ3v) is 4.18. The number of sulfonamides is 1. The number of benzene rings is 2. The van der Waals surface area contributed by atoms with E-state index in [0.29, 0.717) is 12.3 Å². The summed E-state index contributed by atoms with van der Waals surface area (Å²) >= 11 is 0. The summed E-state index contributed by atoms with van der Waals surface area (Å²) in [5, 5.41) is 3.39. The Morgan fingerprint density at radius 2 is 1.92 bits per heavy atom. The van der Waals surface area contributed by atoms with Crippen LogP contribution in [0, 0.1) is 6.92 Å². The standard InChI is InChI=1S/C18H24N2O3S/c1-5-23-17-8-6-7-15(11-17)14(3)19-16-10-9-13(2)18(12-16)20-24(4,21)22/h6-12,14,19-20H,5H2,1-4H3/t14-/m1/s1. The summed E-state index contributed by atoms with van der Waals surface area (Å²) in [6.07, 6.45) is 1.15. The molecule has 0 aliphatic carbocycles. The van der Waals surface area contributed by atoms with E-state index in [1.807, 2.05) is 50.2 Å². The Balaban J connectivity index is 2.18. The molecule has 6 heteroatoms. The predicted octanol–water partition coefficient (Wildman–Crippen LogP) is 3.94. The Labute approximate surface area is 144 Å². The first kappa shape index (κ1) is 18.1. The van der Waals surface area contributed by atoms with E-state index in [4.69, 9.17) is 4.74 Å². The number of hydrogen-bond acceptors (Lipinski definition) is 4. The molecular formula is C18H24N2O3S. The van der Waals surface area contributed by atoms with Gasteiger partial charge >= 0.3 is 0 Å². The van der Waals surface area contributed by atoms with Crippen LogP contribution in [0.5, 0.6) is 5.75 Å². The average Bonchev–Trinajstić information content (AvgIpc) is 2.50. The van der Waals surface area contributed by atoms with Crippen LogP contribution in [0.15, 0.2) is 42.5 Å². The topological polar surface area (TPSA) is 67.4 Å². The zero-order valence-electron chi connectivity index (χ0n) is 14.5. The average molecular weight is 348 g/mol. The van der Waals surface area contributed by atoms with E-state index >= 15 is 0 Å². The highest BCUT2D eigenvalue weighted by Gasteiger charge is 2.10. The quantitative estimate of drug-likeness (QED) is 0.795. The van der Waals surface area contributed by atoms with Crippen LogP contribution in [0.4, 0.5) is 11.4 Å². The molecule has 0 amide bonds. The molecule has 0 spiro atoms. The fourth-order valence-corrected chi connectivity index (χ4v) is 3.01. The number of ether oxygens (including phenoxy) is 1. The summed E-state index contributed by atoms with van der Waals surface area (Å²) in [6.45, 7) is 6.50. The molecule has 1 atom stereocenters. The van der Waals surface area contributed by atoms with Gasteiger partial charge in [0, 0.05) is 11.7 Å². The maximum absolute atomic E-state index is 11.5. The summed E-state index contributed by atoms with van der Waals surface area (Å²) in [7, 11) is -3.30. The predicted molar refractivity (Wildman–Crippen MR) is 99.3 cm³/mol. The van der Waals surface area contributed by atoms with Crippen molar-refractivity contribution in [2.45, 2.75) is 26.8 Å². The molecule has 5 nitrogen and oxygen atoms in total. The maximum atomic E-state index is 11.5. The lowest BCUT2D eigenvalue weighted by Gasteiger charge is -2.18. The van der Waals surface area contributed by atoms with Crippen molar-refractivity contribution >= 4 is 21.4 Å². The minimum atomic E-state index is -3.30. The SMILES string of the molecule is CCOc1cccc([C@@H](C)Nc2ccc(C)c(NS(C)(=O)=O)c2)c1. The van der Waals surface area contributed by atoms with E-state index in [0.717, 1.165) is 28.8 Å². The molecule has 0 fully saturated rings. The first-order chi connectivity index (χ1) is 11.3. The lowest BCUT2D eigenvalue weighted by molar-refractivity contribution is 0.340. The van der Waals surface area contributed by atoms with Gasteiger partial charge < -0.3 is 10.1 Å². The first-order valence-electron chi connectivity index (χ1n) is 7.86. The molecule has 130 valence electrons. The second-order valence-electron chi connectivity index (χ2n) is 5.78. The highest BCUT2D eigenvalue weighted by molar-refractivity contribution is 7.92. The van der Waals surface area contributed by atoms with Gasteiger partial charge in [-0.2, -0.15) is 0 Å². The van der Waals surface area contributed by atoms with Crippen LogP contribution in [0.25, 0.3) is 0 Å². The van der Waals surface area contributed by atoms with E-state index < -0.39 is 10.0 Å². The van der Waals surface area contributed by atoms with Gasteiger partial charge in [0.2, 0.25) is 10.0 Å². The smallest absolute Gasteiger partial charge is 0.229 e. The summed E-state index contributed by atoms with van der Waals surface area (Å²) in [5.41, 5.74) is 3.40. The van der Waals surface area contributed by atoms with Gasteiger partial charge in [-0.15, -0.1) is 0 Å². The molecule has 0 bridgehead atoms. The zero-order chi connectivity index (χ0) is 17.7. The molecule has 2 rings (SSSR count). The van der Waals surface area contributed by atoms with Crippen LogP contribution < -0.4 is 14.8 Å². The fourth-order valence-electron chi connectivity index (χ4n) is 2.40. The maximum Gasteiger partial charge on any atom is 0.229 e. The van der Waals surface area contributed by atoms with Gasteiger partial charge in [0.05, 0.1) is 18.6 Å². The molecule has 2 N–H and O–H groups in total. The van der Waals surface area contributed by atoms with Crippen LogP contribution >= 0.6 is 0 Å². The lowest BCUT2D eigenvalue weighted by atomic mass is 10.1. The van der Waals surface area contributed by atoms with E-state index in [1.165, 1.54) is 0 Å².